The van der Waals surface area contributed by atoms with E-state index >= 15 is 0 Å². The number of hydrogen-bond donors (Lipinski definition) is 2. The Balaban J connectivity index is 1.83. The van der Waals surface area contributed by atoms with Crippen molar-refractivity contribution in [1.29, 1.82) is 0 Å². The van der Waals surface area contributed by atoms with Gasteiger partial charge in [-0.25, -0.2) is 0 Å². The summed E-state index contributed by atoms with van der Waals surface area (Å²) < 4.78 is 5.32. The third kappa shape index (κ3) is 3.22. The zero-order valence-electron chi connectivity index (χ0n) is 10.8. The summed E-state index contributed by atoms with van der Waals surface area (Å²) in [6, 6.07) is 9.87. The number of aliphatic hydroxyl groups excluding tert-OH is 1. The van der Waals surface area contributed by atoms with Crippen LogP contribution in [-0.4, -0.2) is 11.7 Å². The van der Waals surface area contributed by atoms with Gasteiger partial charge in [0.25, 0.3) is 0 Å². The molecule has 2 rings (SSSR count). The fourth-order valence-electron chi connectivity index (χ4n) is 1.81. The van der Waals surface area contributed by atoms with Gasteiger partial charge in [-0.1, -0.05) is 29.8 Å². The van der Waals surface area contributed by atoms with Crippen molar-refractivity contribution in [1.82, 2.24) is 5.32 Å². The summed E-state index contributed by atoms with van der Waals surface area (Å²) in [5.41, 5.74) is 3.27. The molecule has 0 spiro atoms. The molecule has 96 valence electrons. The molecule has 2 aromatic rings. The van der Waals surface area contributed by atoms with Crippen LogP contribution in [0, 0.1) is 13.8 Å². The largest absolute Gasteiger partial charge is 0.468 e. The van der Waals surface area contributed by atoms with Gasteiger partial charge in [0.1, 0.15) is 5.76 Å². The predicted molar refractivity (Wildman–Crippen MR) is 71.3 cm³/mol. The van der Waals surface area contributed by atoms with E-state index in [-0.39, 0.29) is 0 Å². The first-order chi connectivity index (χ1) is 8.66. The van der Waals surface area contributed by atoms with Crippen molar-refractivity contribution in [2.45, 2.75) is 26.5 Å². The fraction of sp³-hybridized carbons (Fsp3) is 0.333. The lowest BCUT2D eigenvalue weighted by atomic mass is 10.1. The Hall–Kier alpha value is -1.58. The van der Waals surface area contributed by atoms with Gasteiger partial charge in [0, 0.05) is 6.54 Å². The van der Waals surface area contributed by atoms with Crippen LogP contribution in [0.2, 0.25) is 0 Å². The second-order valence-electron chi connectivity index (χ2n) is 4.58. The molecule has 0 aliphatic heterocycles. The zero-order valence-corrected chi connectivity index (χ0v) is 10.8. The van der Waals surface area contributed by atoms with Crippen LogP contribution in [0.15, 0.2) is 41.0 Å². The summed E-state index contributed by atoms with van der Waals surface area (Å²) in [6.07, 6.45) is 1.20. The second-order valence-corrected chi connectivity index (χ2v) is 4.58. The average molecular weight is 245 g/mol. The highest BCUT2D eigenvalue weighted by atomic mass is 16.3. The maximum absolute atomic E-state index is 10.0. The highest BCUT2D eigenvalue weighted by Gasteiger charge is 2.07. The zero-order chi connectivity index (χ0) is 13.0. The van der Waals surface area contributed by atoms with Crippen molar-refractivity contribution in [3.63, 3.8) is 0 Å². The second kappa shape index (κ2) is 5.85. The first-order valence-electron chi connectivity index (χ1n) is 6.15. The number of aryl methyl sites for hydroxylation is 2. The third-order valence-electron chi connectivity index (χ3n) is 3.05. The molecule has 1 aromatic carbocycles. The van der Waals surface area contributed by atoms with Gasteiger partial charge in [0.2, 0.25) is 0 Å². The number of hydrogen-bond acceptors (Lipinski definition) is 3. The van der Waals surface area contributed by atoms with Crippen LogP contribution >= 0.6 is 0 Å². The fourth-order valence-corrected chi connectivity index (χ4v) is 1.81. The topological polar surface area (TPSA) is 45.4 Å². The third-order valence-corrected chi connectivity index (χ3v) is 3.05. The predicted octanol–water partition coefficient (Wildman–Crippen LogP) is 2.72. The monoisotopic (exact) mass is 245 g/mol. The summed E-state index contributed by atoms with van der Waals surface area (Å²) in [4.78, 5) is 0. The lowest BCUT2D eigenvalue weighted by Gasteiger charge is -2.12. The number of benzene rings is 1. The molecule has 3 heteroatoms. The van der Waals surface area contributed by atoms with Crippen LogP contribution in [0.1, 0.15) is 28.6 Å². The van der Waals surface area contributed by atoms with Crippen molar-refractivity contribution in [2.24, 2.45) is 0 Å². The molecule has 1 unspecified atom stereocenters. The molecular weight excluding hydrogens is 226 g/mol. The Morgan fingerprint density at radius 1 is 1.17 bits per heavy atom. The van der Waals surface area contributed by atoms with E-state index in [1.165, 1.54) is 5.56 Å². The molecule has 0 fully saturated rings. The van der Waals surface area contributed by atoms with Crippen molar-refractivity contribution >= 4 is 0 Å². The molecule has 2 N–H and O–H groups in total. The van der Waals surface area contributed by atoms with E-state index in [4.69, 9.17) is 4.42 Å². The lowest BCUT2D eigenvalue weighted by molar-refractivity contribution is 0.173. The van der Waals surface area contributed by atoms with Crippen LogP contribution in [0.5, 0.6) is 0 Å². The van der Waals surface area contributed by atoms with E-state index < -0.39 is 6.10 Å². The first kappa shape index (κ1) is 12.9. The molecule has 0 aliphatic rings. The van der Waals surface area contributed by atoms with Crippen LogP contribution in [0.25, 0.3) is 0 Å². The normalized spacial score (nSPS) is 12.6. The van der Waals surface area contributed by atoms with Gasteiger partial charge in [-0.2, -0.15) is 0 Å². The number of rotatable bonds is 5. The standard InChI is InChI=1S/C15H19NO2/c1-11-3-5-13(6-4-11)14(17)9-16-10-15-12(2)7-8-18-15/h3-8,14,16-17H,9-10H2,1-2H3. The summed E-state index contributed by atoms with van der Waals surface area (Å²) in [6.45, 7) is 5.20. The van der Waals surface area contributed by atoms with E-state index in [1.807, 2.05) is 44.2 Å². The smallest absolute Gasteiger partial charge is 0.120 e. The molecule has 0 amide bonds. The maximum Gasteiger partial charge on any atom is 0.120 e. The Morgan fingerprint density at radius 3 is 2.50 bits per heavy atom. The van der Waals surface area contributed by atoms with Crippen LogP contribution in [0.4, 0.5) is 0 Å². The van der Waals surface area contributed by atoms with Gasteiger partial charge >= 0.3 is 0 Å². The van der Waals surface area contributed by atoms with Crippen molar-refractivity contribution in [3.05, 3.63) is 59.0 Å². The average Bonchev–Trinajstić information content (AvgIpc) is 2.76. The first-order valence-corrected chi connectivity index (χ1v) is 6.15. The quantitative estimate of drug-likeness (QED) is 0.851. The van der Waals surface area contributed by atoms with Gasteiger partial charge in [0.05, 0.1) is 18.9 Å². The van der Waals surface area contributed by atoms with E-state index in [0.717, 1.165) is 16.9 Å². The highest BCUT2D eigenvalue weighted by Crippen LogP contribution is 2.13. The number of aliphatic hydroxyl groups is 1. The molecule has 0 radical (unpaired) electrons. The van der Waals surface area contributed by atoms with Crippen molar-refractivity contribution < 1.29 is 9.52 Å². The van der Waals surface area contributed by atoms with Crippen LogP contribution in [-0.2, 0) is 6.54 Å². The van der Waals surface area contributed by atoms with Crippen molar-refractivity contribution in [3.8, 4) is 0 Å². The van der Waals surface area contributed by atoms with Gasteiger partial charge in [0.15, 0.2) is 0 Å². The van der Waals surface area contributed by atoms with Crippen LogP contribution < -0.4 is 5.32 Å². The van der Waals surface area contributed by atoms with E-state index in [1.54, 1.807) is 6.26 Å². The minimum absolute atomic E-state index is 0.485. The molecule has 1 atom stereocenters. The molecule has 0 aliphatic carbocycles. The van der Waals surface area contributed by atoms with Crippen LogP contribution in [0.3, 0.4) is 0 Å². The summed E-state index contributed by atoms with van der Waals surface area (Å²) in [7, 11) is 0. The Labute approximate surface area is 107 Å². The Bertz CT molecular complexity index is 487. The van der Waals surface area contributed by atoms with E-state index in [0.29, 0.717) is 13.1 Å². The van der Waals surface area contributed by atoms with Gasteiger partial charge in [-0.05, 0) is 31.0 Å². The minimum Gasteiger partial charge on any atom is -0.468 e. The molecule has 3 nitrogen and oxygen atoms in total. The summed E-state index contributed by atoms with van der Waals surface area (Å²) in [5, 5.41) is 13.2. The molecule has 0 saturated carbocycles. The molecule has 18 heavy (non-hydrogen) atoms. The maximum atomic E-state index is 10.0. The van der Waals surface area contributed by atoms with Crippen molar-refractivity contribution in [2.75, 3.05) is 6.54 Å². The van der Waals surface area contributed by atoms with Gasteiger partial charge < -0.3 is 14.8 Å². The summed E-state index contributed by atoms with van der Waals surface area (Å²) in [5.74, 6) is 0.922. The van der Waals surface area contributed by atoms with Gasteiger partial charge in [-0.15, -0.1) is 0 Å². The van der Waals surface area contributed by atoms with E-state index in [2.05, 4.69) is 5.32 Å². The Kier molecular flexibility index (Phi) is 4.18. The molecule has 1 aromatic heterocycles. The molecule has 1 heterocycles. The minimum atomic E-state index is -0.485. The summed E-state index contributed by atoms with van der Waals surface area (Å²) >= 11 is 0. The SMILES string of the molecule is Cc1ccc(C(O)CNCc2occc2C)cc1. The number of nitrogens with one attached hydrogen (secondary N) is 1. The molecule has 0 saturated heterocycles. The molecular formula is C15H19NO2. The Morgan fingerprint density at radius 2 is 1.89 bits per heavy atom. The van der Waals surface area contributed by atoms with E-state index in [9.17, 15) is 5.11 Å². The van der Waals surface area contributed by atoms with Gasteiger partial charge in [-0.3, -0.25) is 0 Å². The number of furan rings is 1. The lowest BCUT2D eigenvalue weighted by Crippen LogP contribution is -2.21. The highest BCUT2D eigenvalue weighted by molar-refractivity contribution is 5.23. The molecule has 0 bridgehead atoms.